The molecule has 0 amide bonds. The lowest BCUT2D eigenvalue weighted by molar-refractivity contribution is 0.0455. The van der Waals surface area contributed by atoms with Gasteiger partial charge in [0.2, 0.25) is 5.95 Å². The van der Waals surface area contributed by atoms with Crippen LogP contribution < -0.4 is 5.32 Å². The predicted octanol–water partition coefficient (Wildman–Crippen LogP) is 3.66. The van der Waals surface area contributed by atoms with Crippen molar-refractivity contribution >= 4 is 5.95 Å². The summed E-state index contributed by atoms with van der Waals surface area (Å²) >= 11 is 0. The van der Waals surface area contributed by atoms with Crippen LogP contribution in [0.1, 0.15) is 30.9 Å². The molecule has 2 atom stereocenters. The van der Waals surface area contributed by atoms with Gasteiger partial charge in [-0.1, -0.05) is 18.2 Å². The minimum atomic E-state index is 0.472. The zero-order valence-electron chi connectivity index (χ0n) is 14.8. The normalized spacial score (nSPS) is 28.8. The zero-order chi connectivity index (χ0) is 16.7. The van der Waals surface area contributed by atoms with Crippen molar-refractivity contribution in [3.05, 3.63) is 41.7 Å². The summed E-state index contributed by atoms with van der Waals surface area (Å²) in [5.74, 6) is 1.52. The first-order valence-electron chi connectivity index (χ1n) is 9.02. The lowest BCUT2D eigenvalue weighted by Gasteiger charge is -2.49. The lowest BCUT2D eigenvalue weighted by Crippen LogP contribution is -2.59. The number of aryl methyl sites for hydroxylation is 2. The molecule has 1 aromatic carbocycles. The fourth-order valence-corrected chi connectivity index (χ4v) is 4.17. The zero-order valence-corrected chi connectivity index (χ0v) is 14.8. The first-order valence-corrected chi connectivity index (χ1v) is 9.02. The van der Waals surface area contributed by atoms with Gasteiger partial charge in [0.25, 0.3) is 0 Å². The third kappa shape index (κ3) is 2.80. The second kappa shape index (κ2) is 6.17. The lowest BCUT2D eigenvalue weighted by atomic mass is 9.79. The molecule has 0 radical (unpaired) electrons. The van der Waals surface area contributed by atoms with Gasteiger partial charge < -0.3 is 5.32 Å². The fourth-order valence-electron chi connectivity index (χ4n) is 4.17. The van der Waals surface area contributed by atoms with Crippen LogP contribution in [0.25, 0.3) is 11.1 Å². The van der Waals surface area contributed by atoms with Gasteiger partial charge in [0.05, 0.1) is 0 Å². The fraction of sp³-hybridized carbons (Fsp3) is 0.500. The molecule has 2 aromatic rings. The van der Waals surface area contributed by atoms with E-state index in [2.05, 4.69) is 59.2 Å². The second-order valence-electron chi connectivity index (χ2n) is 7.38. The third-order valence-electron chi connectivity index (χ3n) is 5.97. The van der Waals surface area contributed by atoms with Crippen molar-refractivity contribution in [2.45, 2.75) is 45.7 Å². The maximum atomic E-state index is 4.58. The summed E-state index contributed by atoms with van der Waals surface area (Å²) in [6.45, 7) is 9.10. The number of anilines is 1. The molecule has 3 fully saturated rings. The van der Waals surface area contributed by atoms with Gasteiger partial charge in [-0.2, -0.15) is 0 Å². The van der Waals surface area contributed by atoms with Crippen LogP contribution in [0.5, 0.6) is 0 Å². The molecule has 1 aromatic heterocycles. The SMILES string of the molecule is Cc1ccc(-c2cnc(N[C@H]3C4CCN(CC4)[C@@H]3C)nc2)cc1C. The summed E-state index contributed by atoms with van der Waals surface area (Å²) in [4.78, 5) is 11.7. The van der Waals surface area contributed by atoms with E-state index in [0.29, 0.717) is 12.1 Å². The van der Waals surface area contributed by atoms with Crippen LogP contribution in [0, 0.1) is 19.8 Å². The van der Waals surface area contributed by atoms with Gasteiger partial charge in [-0.25, -0.2) is 9.97 Å². The molecule has 5 rings (SSSR count). The Bertz CT molecular complexity index is 715. The Balaban J connectivity index is 1.50. The Morgan fingerprint density at radius 3 is 2.33 bits per heavy atom. The number of hydrogen-bond acceptors (Lipinski definition) is 4. The Kier molecular flexibility index (Phi) is 4.01. The molecule has 3 saturated heterocycles. The Morgan fingerprint density at radius 1 is 1.00 bits per heavy atom. The van der Waals surface area contributed by atoms with Crippen molar-refractivity contribution in [3.8, 4) is 11.1 Å². The third-order valence-corrected chi connectivity index (χ3v) is 5.97. The van der Waals surface area contributed by atoms with E-state index in [1.807, 2.05) is 12.4 Å². The van der Waals surface area contributed by atoms with Crippen LogP contribution in [0.3, 0.4) is 0 Å². The summed E-state index contributed by atoms with van der Waals surface area (Å²) in [5, 5.41) is 3.60. The number of piperidine rings is 3. The quantitative estimate of drug-likeness (QED) is 0.936. The molecule has 0 spiro atoms. The van der Waals surface area contributed by atoms with Gasteiger partial charge in [-0.15, -0.1) is 0 Å². The summed E-state index contributed by atoms with van der Waals surface area (Å²) in [6.07, 6.45) is 6.46. The number of rotatable bonds is 3. The highest BCUT2D eigenvalue weighted by atomic mass is 15.2. The van der Waals surface area contributed by atoms with E-state index in [-0.39, 0.29) is 0 Å². The highest BCUT2D eigenvalue weighted by Crippen LogP contribution is 2.33. The highest BCUT2D eigenvalue weighted by Gasteiger charge is 2.39. The van der Waals surface area contributed by atoms with E-state index in [9.17, 15) is 0 Å². The summed E-state index contributed by atoms with van der Waals surface area (Å²) < 4.78 is 0. The summed E-state index contributed by atoms with van der Waals surface area (Å²) in [5.41, 5.74) is 4.87. The number of benzene rings is 1. The van der Waals surface area contributed by atoms with Gasteiger partial charge >= 0.3 is 0 Å². The van der Waals surface area contributed by atoms with E-state index >= 15 is 0 Å². The summed E-state index contributed by atoms with van der Waals surface area (Å²) in [6, 6.07) is 7.55. The topological polar surface area (TPSA) is 41.1 Å². The predicted molar refractivity (Wildman–Crippen MR) is 98.1 cm³/mol. The maximum absolute atomic E-state index is 4.58. The number of nitrogens with one attached hydrogen (secondary N) is 1. The van der Waals surface area contributed by atoms with Gasteiger partial charge in [0.1, 0.15) is 0 Å². The molecule has 4 nitrogen and oxygen atoms in total. The Hall–Kier alpha value is -1.94. The smallest absolute Gasteiger partial charge is 0.222 e. The van der Waals surface area contributed by atoms with E-state index in [1.54, 1.807) is 0 Å². The van der Waals surface area contributed by atoms with Gasteiger partial charge in [-0.05, 0) is 69.3 Å². The molecule has 24 heavy (non-hydrogen) atoms. The van der Waals surface area contributed by atoms with Crippen LogP contribution in [-0.2, 0) is 0 Å². The Morgan fingerprint density at radius 2 is 1.71 bits per heavy atom. The monoisotopic (exact) mass is 322 g/mol. The molecule has 4 heteroatoms. The van der Waals surface area contributed by atoms with Crippen LogP contribution in [0.2, 0.25) is 0 Å². The van der Waals surface area contributed by atoms with E-state index in [4.69, 9.17) is 0 Å². The van der Waals surface area contributed by atoms with Crippen molar-refractivity contribution in [2.75, 3.05) is 18.4 Å². The highest BCUT2D eigenvalue weighted by molar-refractivity contribution is 5.63. The average molecular weight is 322 g/mol. The van der Waals surface area contributed by atoms with Gasteiger partial charge in [-0.3, -0.25) is 4.90 Å². The van der Waals surface area contributed by atoms with Crippen LogP contribution in [0.4, 0.5) is 5.95 Å². The molecular weight excluding hydrogens is 296 g/mol. The minimum Gasteiger partial charge on any atom is -0.350 e. The summed E-state index contributed by atoms with van der Waals surface area (Å²) in [7, 11) is 0. The van der Waals surface area contributed by atoms with Gasteiger partial charge in [0.15, 0.2) is 0 Å². The van der Waals surface area contributed by atoms with Gasteiger partial charge in [0, 0.05) is 30.0 Å². The van der Waals surface area contributed by atoms with Crippen LogP contribution in [-0.4, -0.2) is 40.0 Å². The standard InChI is InChI=1S/C20H26N4/c1-13-4-5-17(10-14(13)2)18-11-21-20(22-12-18)23-19-15(3)24-8-6-16(19)7-9-24/h4-5,10-12,15-16,19H,6-9H2,1-3H3,(H,21,22,23)/t15-,19-/m1/s1. The van der Waals surface area contributed by atoms with E-state index in [1.165, 1.54) is 42.6 Å². The number of hydrogen-bond donors (Lipinski definition) is 1. The van der Waals surface area contributed by atoms with Crippen molar-refractivity contribution in [1.82, 2.24) is 14.9 Å². The average Bonchev–Trinajstić information content (AvgIpc) is 2.61. The molecule has 4 heterocycles. The van der Waals surface area contributed by atoms with Crippen molar-refractivity contribution in [1.29, 1.82) is 0 Å². The minimum absolute atomic E-state index is 0.472. The maximum Gasteiger partial charge on any atom is 0.222 e. The first kappa shape index (κ1) is 15.6. The Labute approximate surface area is 144 Å². The van der Waals surface area contributed by atoms with Crippen molar-refractivity contribution in [3.63, 3.8) is 0 Å². The van der Waals surface area contributed by atoms with Crippen LogP contribution >= 0.6 is 0 Å². The molecule has 0 unspecified atom stereocenters. The van der Waals surface area contributed by atoms with Crippen molar-refractivity contribution in [2.24, 2.45) is 5.92 Å². The molecule has 0 aliphatic carbocycles. The molecule has 1 N–H and O–H groups in total. The number of fused-ring (bicyclic) bond motifs is 3. The molecule has 3 aliphatic rings. The molecule has 0 saturated carbocycles. The van der Waals surface area contributed by atoms with E-state index < -0.39 is 0 Å². The first-order chi connectivity index (χ1) is 11.6. The molecular formula is C20H26N4. The number of nitrogens with zero attached hydrogens (tertiary/aromatic N) is 3. The largest absolute Gasteiger partial charge is 0.350 e. The van der Waals surface area contributed by atoms with Crippen LogP contribution in [0.15, 0.2) is 30.6 Å². The molecule has 2 bridgehead atoms. The van der Waals surface area contributed by atoms with Crippen molar-refractivity contribution < 1.29 is 0 Å². The molecule has 3 aliphatic heterocycles. The molecule has 126 valence electrons. The number of aromatic nitrogens is 2. The second-order valence-corrected chi connectivity index (χ2v) is 7.38. The van der Waals surface area contributed by atoms with E-state index in [0.717, 1.165) is 17.4 Å².